The average molecular weight is 408 g/mol. The number of halogens is 3. The van der Waals surface area contributed by atoms with Gasteiger partial charge in [-0.1, -0.05) is 34.8 Å². The summed E-state index contributed by atoms with van der Waals surface area (Å²) in [7, 11) is 0. The van der Waals surface area contributed by atoms with Gasteiger partial charge in [0.05, 0.1) is 26.8 Å². The van der Waals surface area contributed by atoms with Gasteiger partial charge in [0.15, 0.2) is 6.10 Å². The maximum atomic E-state index is 12.1. The van der Waals surface area contributed by atoms with Gasteiger partial charge in [-0.3, -0.25) is 14.9 Å². The number of nitrogens with zero attached hydrogens (tertiary/aromatic N) is 1. The Morgan fingerprint density at radius 1 is 1.20 bits per heavy atom. The zero-order chi connectivity index (χ0) is 18.7. The maximum absolute atomic E-state index is 12.1. The summed E-state index contributed by atoms with van der Waals surface area (Å²) in [5, 5.41) is 13.5. The third kappa shape index (κ3) is 4.62. The monoisotopic (exact) mass is 406 g/mol. The summed E-state index contributed by atoms with van der Waals surface area (Å²) in [4.78, 5) is 33.6. The van der Waals surface area contributed by atoms with E-state index in [0.717, 1.165) is 12.1 Å². The van der Waals surface area contributed by atoms with Gasteiger partial charge >= 0.3 is 11.9 Å². The van der Waals surface area contributed by atoms with E-state index in [1.54, 1.807) is 0 Å². The number of ether oxygens (including phenoxy) is 1. The fraction of sp³-hybridized carbons (Fsp3) is 0.143. The zero-order valence-corrected chi connectivity index (χ0v) is 14.7. The molecule has 1 heterocycles. The van der Waals surface area contributed by atoms with E-state index in [1.165, 1.54) is 19.1 Å². The van der Waals surface area contributed by atoms with Crippen LogP contribution in [0, 0.1) is 10.1 Å². The summed E-state index contributed by atoms with van der Waals surface area (Å²) in [6.07, 6.45) is -1.23. The van der Waals surface area contributed by atoms with Crippen LogP contribution in [-0.4, -0.2) is 22.9 Å². The van der Waals surface area contributed by atoms with Crippen LogP contribution in [0.3, 0.4) is 0 Å². The molecule has 1 N–H and O–H groups in total. The number of nitro groups is 1. The number of hydrogen-bond acceptors (Lipinski definition) is 6. The molecule has 1 amide bonds. The lowest BCUT2D eigenvalue weighted by Crippen LogP contribution is -2.30. The van der Waals surface area contributed by atoms with E-state index in [4.69, 9.17) is 44.0 Å². The first-order chi connectivity index (χ1) is 11.7. The predicted molar refractivity (Wildman–Crippen MR) is 90.3 cm³/mol. The molecule has 0 saturated carbocycles. The van der Waals surface area contributed by atoms with Crippen molar-refractivity contribution in [1.29, 1.82) is 0 Å². The van der Waals surface area contributed by atoms with E-state index in [9.17, 15) is 19.7 Å². The lowest BCUT2D eigenvalue weighted by Gasteiger charge is -2.14. The predicted octanol–water partition coefficient (Wildman–Crippen LogP) is 4.33. The molecule has 0 radical (unpaired) electrons. The quantitative estimate of drug-likeness (QED) is 0.342. The van der Waals surface area contributed by atoms with E-state index >= 15 is 0 Å². The van der Waals surface area contributed by atoms with Crippen LogP contribution in [0.15, 0.2) is 28.7 Å². The van der Waals surface area contributed by atoms with Crippen LogP contribution < -0.4 is 5.32 Å². The van der Waals surface area contributed by atoms with E-state index < -0.39 is 34.5 Å². The molecule has 1 atom stereocenters. The molecule has 0 aliphatic rings. The van der Waals surface area contributed by atoms with Gasteiger partial charge in [-0.2, -0.15) is 0 Å². The van der Waals surface area contributed by atoms with Crippen molar-refractivity contribution in [1.82, 2.24) is 0 Å². The molecule has 8 nitrogen and oxygen atoms in total. The van der Waals surface area contributed by atoms with Gasteiger partial charge in [-0.05, 0) is 25.1 Å². The molecule has 1 aromatic heterocycles. The Hall–Kier alpha value is -2.29. The molecule has 0 saturated heterocycles. The summed E-state index contributed by atoms with van der Waals surface area (Å²) in [6, 6.07) is 4.76. The highest BCUT2D eigenvalue weighted by molar-refractivity contribution is 6.44. The number of carbonyl (C=O) groups excluding carboxylic acids is 2. The van der Waals surface area contributed by atoms with Crippen molar-refractivity contribution in [2.24, 2.45) is 0 Å². The zero-order valence-electron chi connectivity index (χ0n) is 12.4. The maximum Gasteiger partial charge on any atom is 0.433 e. The molecule has 0 aliphatic carbocycles. The Kier molecular flexibility index (Phi) is 5.89. The first-order valence-corrected chi connectivity index (χ1v) is 7.73. The van der Waals surface area contributed by atoms with Gasteiger partial charge in [0, 0.05) is 0 Å². The van der Waals surface area contributed by atoms with Crippen molar-refractivity contribution >= 4 is 58.3 Å². The van der Waals surface area contributed by atoms with Crippen LogP contribution in [0.4, 0.5) is 11.6 Å². The van der Waals surface area contributed by atoms with Crippen molar-refractivity contribution in [3.05, 3.63) is 55.2 Å². The number of hydrogen-bond donors (Lipinski definition) is 1. The second-order valence-corrected chi connectivity index (χ2v) is 5.90. The van der Waals surface area contributed by atoms with Gasteiger partial charge in [0.25, 0.3) is 5.91 Å². The second-order valence-electron chi connectivity index (χ2n) is 4.68. The first-order valence-electron chi connectivity index (χ1n) is 6.59. The van der Waals surface area contributed by atoms with Crippen LogP contribution in [0.25, 0.3) is 0 Å². The van der Waals surface area contributed by atoms with Gasteiger partial charge in [0.1, 0.15) is 4.92 Å². The molecule has 132 valence electrons. The highest BCUT2D eigenvalue weighted by atomic mass is 35.5. The van der Waals surface area contributed by atoms with Crippen LogP contribution >= 0.6 is 34.8 Å². The van der Waals surface area contributed by atoms with Crippen LogP contribution in [0.2, 0.25) is 15.1 Å². The molecular weight excluding hydrogens is 399 g/mol. The third-order valence-electron chi connectivity index (χ3n) is 2.89. The topological polar surface area (TPSA) is 112 Å². The summed E-state index contributed by atoms with van der Waals surface area (Å²) in [6.45, 7) is 1.30. The molecule has 0 aliphatic heterocycles. The van der Waals surface area contributed by atoms with E-state index in [-0.39, 0.29) is 20.8 Å². The first kappa shape index (κ1) is 19.0. The normalized spacial score (nSPS) is 11.7. The SMILES string of the molecule is CC(OC(=O)c1ccc([N+](=O)[O-])o1)C(=O)Nc1cc(Cl)c(Cl)cc1Cl. The Labute approximate surface area is 155 Å². The smallest absolute Gasteiger partial charge is 0.433 e. The number of esters is 1. The van der Waals surface area contributed by atoms with Crippen molar-refractivity contribution < 1.29 is 23.7 Å². The number of amides is 1. The van der Waals surface area contributed by atoms with E-state index in [2.05, 4.69) is 5.32 Å². The minimum absolute atomic E-state index is 0.142. The van der Waals surface area contributed by atoms with Gasteiger partial charge in [-0.15, -0.1) is 0 Å². The lowest BCUT2D eigenvalue weighted by molar-refractivity contribution is -0.402. The van der Waals surface area contributed by atoms with Crippen molar-refractivity contribution in [3.8, 4) is 0 Å². The Morgan fingerprint density at radius 3 is 2.44 bits per heavy atom. The molecule has 2 aromatic rings. The minimum atomic E-state index is -1.23. The molecule has 25 heavy (non-hydrogen) atoms. The number of anilines is 1. The number of carbonyl (C=O) groups is 2. The van der Waals surface area contributed by atoms with E-state index in [1.807, 2.05) is 0 Å². The highest BCUT2D eigenvalue weighted by Gasteiger charge is 2.24. The van der Waals surface area contributed by atoms with E-state index in [0.29, 0.717) is 0 Å². The molecule has 0 bridgehead atoms. The fourth-order valence-corrected chi connectivity index (χ4v) is 2.25. The second kappa shape index (κ2) is 7.73. The van der Waals surface area contributed by atoms with Gasteiger partial charge in [-0.25, -0.2) is 4.79 Å². The largest absolute Gasteiger partial charge is 0.447 e. The van der Waals surface area contributed by atoms with Gasteiger partial charge < -0.3 is 14.5 Å². The number of nitrogens with one attached hydrogen (secondary N) is 1. The van der Waals surface area contributed by atoms with Crippen LogP contribution in [0.5, 0.6) is 0 Å². The van der Waals surface area contributed by atoms with Crippen LogP contribution in [-0.2, 0) is 9.53 Å². The molecule has 11 heteroatoms. The number of benzene rings is 1. The summed E-state index contributed by atoms with van der Waals surface area (Å²) < 4.78 is 9.58. The molecule has 2 rings (SSSR count). The summed E-state index contributed by atoms with van der Waals surface area (Å²) >= 11 is 17.6. The standard InChI is InChI=1S/C14H9Cl3N2O6/c1-6(24-14(21)11-2-3-12(25-11)19(22)23)13(20)18-10-5-8(16)7(15)4-9(10)17/h2-6H,1H3,(H,18,20). The number of furan rings is 1. The van der Waals surface area contributed by atoms with Crippen molar-refractivity contribution in [2.45, 2.75) is 13.0 Å². The van der Waals surface area contributed by atoms with Crippen molar-refractivity contribution in [2.75, 3.05) is 5.32 Å². The average Bonchev–Trinajstić information content (AvgIpc) is 3.02. The minimum Gasteiger partial charge on any atom is -0.447 e. The van der Waals surface area contributed by atoms with Crippen molar-refractivity contribution in [3.63, 3.8) is 0 Å². The third-order valence-corrected chi connectivity index (χ3v) is 3.93. The number of rotatable bonds is 5. The van der Waals surface area contributed by atoms with Gasteiger partial charge in [0.2, 0.25) is 5.76 Å². The molecule has 0 fully saturated rings. The molecular formula is C14H9Cl3N2O6. The summed E-state index contributed by atoms with van der Waals surface area (Å²) in [5.74, 6) is -2.75. The molecule has 0 spiro atoms. The van der Waals surface area contributed by atoms with Crippen LogP contribution in [0.1, 0.15) is 17.5 Å². The Bertz CT molecular complexity index is 851. The fourth-order valence-electron chi connectivity index (χ4n) is 1.66. The Balaban J connectivity index is 2.03. The lowest BCUT2D eigenvalue weighted by atomic mass is 10.3. The highest BCUT2D eigenvalue weighted by Crippen LogP contribution is 2.32. The molecule has 1 unspecified atom stereocenters. The Morgan fingerprint density at radius 2 is 1.84 bits per heavy atom. The molecule has 1 aromatic carbocycles. The summed E-state index contributed by atoms with van der Waals surface area (Å²) in [5.41, 5.74) is 0.178.